The van der Waals surface area contributed by atoms with Crippen molar-refractivity contribution < 1.29 is 24.2 Å². The molecule has 4 atom stereocenters. The number of carboxylic acid groups (broad SMARTS) is 1. The number of alkyl carbamates (subject to hydrolysis) is 1. The molecule has 0 radical (unpaired) electrons. The number of aliphatic carboxylic acids is 1. The van der Waals surface area contributed by atoms with Crippen LogP contribution >= 0.6 is 0 Å². The number of aromatic nitrogens is 4. The Morgan fingerprint density at radius 3 is 2.69 bits per heavy atom. The van der Waals surface area contributed by atoms with E-state index in [1.807, 2.05) is 43.3 Å². The average molecular weight is 478 g/mol. The Bertz CT molecular complexity index is 1240. The first-order valence-corrected chi connectivity index (χ1v) is 11.6. The molecule has 2 aliphatic carbocycles. The van der Waals surface area contributed by atoms with E-state index in [1.54, 1.807) is 17.8 Å². The fraction of sp³-hybridized carbons (Fsp3) is 0.400. The predicted octanol–water partition coefficient (Wildman–Crippen LogP) is 3.10. The van der Waals surface area contributed by atoms with Crippen molar-refractivity contribution in [1.82, 2.24) is 25.3 Å². The number of pyridine rings is 1. The van der Waals surface area contributed by atoms with Gasteiger partial charge in [-0.25, -0.2) is 14.5 Å². The quantitative estimate of drug-likeness (QED) is 0.506. The average Bonchev–Trinajstić information content (AvgIpc) is 3.26. The number of hydrogen-bond donors (Lipinski definition) is 2. The lowest BCUT2D eigenvalue weighted by atomic mass is 10.1. The topological polar surface area (TPSA) is 128 Å². The number of rotatable bonds is 8. The van der Waals surface area contributed by atoms with Crippen molar-refractivity contribution in [1.29, 1.82) is 0 Å². The van der Waals surface area contributed by atoms with E-state index in [2.05, 4.69) is 20.6 Å². The van der Waals surface area contributed by atoms with Crippen molar-refractivity contribution >= 4 is 12.1 Å². The Hall–Kier alpha value is -3.95. The Balaban J connectivity index is 1.22. The standard InChI is InChI=1S/C25H27N5O5/c1-14-19(35-20-10-8-16-21(20)22(16)24(31)32)11-9-17(27-14)23-18(30(2)29-28-23)12-26-25(33)34-13-15-6-4-3-5-7-15/h3-7,9,11,16,20-22H,8,10,12-13H2,1-2H3,(H,26,33)(H,31,32)/t16?,20-,21?,22?/m1/s1. The van der Waals surface area contributed by atoms with Gasteiger partial charge in [-0.2, -0.15) is 0 Å². The largest absolute Gasteiger partial charge is 0.488 e. The Labute approximate surface area is 202 Å². The second kappa shape index (κ2) is 9.36. The van der Waals surface area contributed by atoms with Gasteiger partial charge in [0.25, 0.3) is 0 Å². The molecule has 1 amide bonds. The summed E-state index contributed by atoms with van der Waals surface area (Å²) in [5.74, 6) is -0.0463. The number of ether oxygens (including phenoxy) is 2. The van der Waals surface area contributed by atoms with E-state index >= 15 is 0 Å². The minimum atomic E-state index is -0.730. The molecule has 182 valence electrons. The number of nitrogens with one attached hydrogen (secondary N) is 1. The Morgan fingerprint density at radius 1 is 1.17 bits per heavy atom. The van der Waals surface area contributed by atoms with E-state index in [0.717, 1.165) is 18.4 Å². The maximum absolute atomic E-state index is 12.2. The maximum atomic E-state index is 12.2. The third-order valence-electron chi connectivity index (χ3n) is 6.84. The molecule has 2 N–H and O–H groups in total. The molecule has 2 aliphatic rings. The van der Waals surface area contributed by atoms with Crippen LogP contribution in [0.25, 0.3) is 11.4 Å². The van der Waals surface area contributed by atoms with Crippen molar-refractivity contribution in [2.45, 2.75) is 39.0 Å². The van der Waals surface area contributed by atoms with Crippen LogP contribution in [-0.4, -0.2) is 43.3 Å². The molecule has 0 saturated heterocycles. The highest BCUT2D eigenvalue weighted by molar-refractivity contribution is 5.75. The number of fused-ring (bicyclic) bond motifs is 1. The molecule has 10 nitrogen and oxygen atoms in total. The van der Waals surface area contributed by atoms with Gasteiger partial charge < -0.3 is 19.9 Å². The molecule has 3 aromatic rings. The summed E-state index contributed by atoms with van der Waals surface area (Å²) in [4.78, 5) is 28.2. The lowest BCUT2D eigenvalue weighted by Crippen LogP contribution is -2.25. The Kier molecular flexibility index (Phi) is 6.10. The number of aryl methyl sites for hydroxylation is 2. The molecule has 10 heteroatoms. The number of carboxylic acids is 1. The number of amides is 1. The fourth-order valence-corrected chi connectivity index (χ4v) is 4.99. The summed E-state index contributed by atoms with van der Waals surface area (Å²) in [6, 6.07) is 13.1. The van der Waals surface area contributed by atoms with Gasteiger partial charge in [0, 0.05) is 13.0 Å². The van der Waals surface area contributed by atoms with Crippen LogP contribution < -0.4 is 10.1 Å². The molecule has 2 fully saturated rings. The van der Waals surface area contributed by atoms with Crippen LogP contribution in [0.5, 0.6) is 5.75 Å². The van der Waals surface area contributed by atoms with E-state index in [-0.39, 0.29) is 37.0 Å². The van der Waals surface area contributed by atoms with Crippen LogP contribution in [-0.2, 0) is 29.7 Å². The molecular weight excluding hydrogens is 450 g/mol. The first-order valence-electron chi connectivity index (χ1n) is 11.6. The second-order valence-electron chi connectivity index (χ2n) is 9.04. The minimum Gasteiger partial charge on any atom is -0.488 e. The monoisotopic (exact) mass is 477 g/mol. The van der Waals surface area contributed by atoms with E-state index in [1.165, 1.54) is 0 Å². The highest BCUT2D eigenvalue weighted by atomic mass is 16.5. The summed E-state index contributed by atoms with van der Waals surface area (Å²) >= 11 is 0. The van der Waals surface area contributed by atoms with Crippen LogP contribution in [0, 0.1) is 24.7 Å². The smallest absolute Gasteiger partial charge is 0.407 e. The van der Waals surface area contributed by atoms with E-state index in [0.29, 0.717) is 28.5 Å². The first kappa shape index (κ1) is 22.8. The van der Waals surface area contributed by atoms with E-state index in [4.69, 9.17) is 9.47 Å². The minimum absolute atomic E-state index is 0.0888. The summed E-state index contributed by atoms with van der Waals surface area (Å²) in [7, 11) is 1.75. The van der Waals surface area contributed by atoms with Crippen LogP contribution in [0.2, 0.25) is 0 Å². The van der Waals surface area contributed by atoms with Crippen LogP contribution in [0.4, 0.5) is 4.79 Å². The molecule has 1 aromatic carbocycles. The molecule has 2 aromatic heterocycles. The molecule has 0 bridgehead atoms. The molecule has 35 heavy (non-hydrogen) atoms. The lowest BCUT2D eigenvalue weighted by molar-refractivity contribution is -0.139. The van der Waals surface area contributed by atoms with Crippen molar-refractivity contribution in [3.63, 3.8) is 0 Å². The zero-order chi connectivity index (χ0) is 24.5. The number of hydrogen-bond acceptors (Lipinski definition) is 7. The molecule has 2 heterocycles. The van der Waals surface area contributed by atoms with Gasteiger partial charge in [-0.1, -0.05) is 35.5 Å². The van der Waals surface area contributed by atoms with E-state index < -0.39 is 12.1 Å². The van der Waals surface area contributed by atoms with Gasteiger partial charge in [-0.3, -0.25) is 4.79 Å². The normalized spacial score (nSPS) is 22.3. The molecule has 2 saturated carbocycles. The zero-order valence-corrected chi connectivity index (χ0v) is 19.5. The molecule has 0 spiro atoms. The van der Waals surface area contributed by atoms with Crippen LogP contribution in [0.3, 0.4) is 0 Å². The predicted molar refractivity (Wildman–Crippen MR) is 124 cm³/mol. The summed E-state index contributed by atoms with van der Waals surface area (Å²) in [5, 5.41) is 20.4. The second-order valence-corrected chi connectivity index (χ2v) is 9.04. The highest BCUT2D eigenvalue weighted by Gasteiger charge is 2.63. The summed E-state index contributed by atoms with van der Waals surface area (Å²) in [6.45, 7) is 2.20. The van der Waals surface area contributed by atoms with Gasteiger partial charge in [-0.05, 0) is 43.4 Å². The third kappa shape index (κ3) is 4.68. The van der Waals surface area contributed by atoms with E-state index in [9.17, 15) is 14.7 Å². The summed E-state index contributed by atoms with van der Waals surface area (Å²) in [5.41, 5.74) is 3.44. The van der Waals surface area contributed by atoms with Gasteiger partial charge in [0.15, 0.2) is 0 Å². The van der Waals surface area contributed by atoms with Crippen molar-refractivity contribution in [3.05, 3.63) is 59.4 Å². The van der Waals surface area contributed by atoms with Crippen molar-refractivity contribution in [2.24, 2.45) is 24.8 Å². The number of carbonyl (C=O) groups excluding carboxylic acids is 1. The number of nitrogens with zero attached hydrogens (tertiary/aromatic N) is 4. The SMILES string of the molecule is Cc1nc(-c2nnn(C)c2CNC(=O)OCc2ccccc2)ccc1O[C@@H]1CCC2C(C(=O)O)C21. The molecule has 0 aliphatic heterocycles. The lowest BCUT2D eigenvalue weighted by Gasteiger charge is -2.18. The van der Waals surface area contributed by atoms with Crippen molar-refractivity contribution in [2.75, 3.05) is 0 Å². The molecule has 3 unspecified atom stereocenters. The highest BCUT2D eigenvalue weighted by Crippen LogP contribution is 2.58. The van der Waals surface area contributed by atoms with Crippen LogP contribution in [0.15, 0.2) is 42.5 Å². The summed E-state index contributed by atoms with van der Waals surface area (Å²) < 4.78 is 13.0. The first-order chi connectivity index (χ1) is 16.9. The molecular formula is C25H27N5O5. The fourth-order valence-electron chi connectivity index (χ4n) is 4.99. The van der Waals surface area contributed by atoms with Gasteiger partial charge >= 0.3 is 12.1 Å². The van der Waals surface area contributed by atoms with Gasteiger partial charge in [0.2, 0.25) is 0 Å². The molecule has 5 rings (SSSR count). The third-order valence-corrected chi connectivity index (χ3v) is 6.84. The maximum Gasteiger partial charge on any atom is 0.407 e. The van der Waals surface area contributed by atoms with Gasteiger partial charge in [0.1, 0.15) is 24.2 Å². The Morgan fingerprint density at radius 2 is 1.97 bits per heavy atom. The zero-order valence-electron chi connectivity index (χ0n) is 19.5. The van der Waals surface area contributed by atoms with Crippen molar-refractivity contribution in [3.8, 4) is 17.1 Å². The van der Waals surface area contributed by atoms with Gasteiger partial charge in [0.05, 0.1) is 29.5 Å². The van der Waals surface area contributed by atoms with Gasteiger partial charge in [-0.15, -0.1) is 5.10 Å². The number of carbonyl (C=O) groups is 2. The number of benzene rings is 1. The summed E-state index contributed by atoms with van der Waals surface area (Å²) in [6.07, 6.45) is 1.12. The van der Waals surface area contributed by atoms with Crippen LogP contribution in [0.1, 0.15) is 29.8 Å².